The van der Waals surface area contributed by atoms with E-state index in [9.17, 15) is 13.6 Å². The summed E-state index contributed by atoms with van der Waals surface area (Å²) >= 11 is 0. The van der Waals surface area contributed by atoms with Gasteiger partial charge in [0.05, 0.1) is 11.7 Å². The second-order valence-electron chi connectivity index (χ2n) is 6.27. The largest absolute Gasteiger partial charge is 0.337 e. The molecule has 0 radical (unpaired) electrons. The molecule has 1 aromatic heterocycles. The Hall–Kier alpha value is -2.41. The molecule has 2 aromatic rings. The third kappa shape index (κ3) is 4.17. The average Bonchev–Trinajstić information content (AvgIpc) is 2.59. The van der Waals surface area contributed by atoms with E-state index in [1.54, 1.807) is 23.5 Å². The van der Waals surface area contributed by atoms with Gasteiger partial charge in [-0.3, -0.25) is 19.7 Å². The normalized spacial score (nSPS) is 18.0. The number of likely N-dealkylation sites (tertiary alicyclic amines) is 1. The van der Waals surface area contributed by atoms with Crippen molar-refractivity contribution in [3.8, 4) is 0 Å². The summed E-state index contributed by atoms with van der Waals surface area (Å²) in [6.45, 7) is 1.24. The van der Waals surface area contributed by atoms with Gasteiger partial charge in [-0.1, -0.05) is 6.07 Å². The molecule has 5 nitrogen and oxygen atoms in total. The van der Waals surface area contributed by atoms with Crippen molar-refractivity contribution in [3.05, 3.63) is 59.7 Å². The van der Waals surface area contributed by atoms with Crippen molar-refractivity contribution in [2.45, 2.75) is 32.0 Å². The zero-order valence-corrected chi connectivity index (χ0v) is 14.0. The van der Waals surface area contributed by atoms with E-state index in [1.165, 1.54) is 12.1 Å². The third-order valence-corrected chi connectivity index (χ3v) is 4.44. The molecular weight excluding hydrogens is 326 g/mol. The lowest BCUT2D eigenvalue weighted by Crippen LogP contribution is -2.50. The number of benzene rings is 1. The molecule has 1 atom stereocenters. The number of nitrogens with zero attached hydrogens (tertiary/aromatic N) is 4. The molecule has 0 spiro atoms. The van der Waals surface area contributed by atoms with Crippen LogP contribution in [0.3, 0.4) is 0 Å². The zero-order valence-electron chi connectivity index (χ0n) is 14.0. The van der Waals surface area contributed by atoms with E-state index in [0.29, 0.717) is 18.7 Å². The van der Waals surface area contributed by atoms with Gasteiger partial charge in [0.2, 0.25) is 5.91 Å². The molecule has 132 valence electrons. The average molecular weight is 346 g/mol. The van der Waals surface area contributed by atoms with Gasteiger partial charge in [-0.15, -0.1) is 0 Å². The number of halogens is 2. The molecule has 25 heavy (non-hydrogen) atoms. The van der Waals surface area contributed by atoms with Gasteiger partial charge in [0.1, 0.15) is 11.6 Å². The predicted octanol–water partition coefficient (Wildman–Crippen LogP) is 2.38. The van der Waals surface area contributed by atoms with E-state index < -0.39 is 11.6 Å². The van der Waals surface area contributed by atoms with Crippen molar-refractivity contribution in [2.24, 2.45) is 0 Å². The summed E-state index contributed by atoms with van der Waals surface area (Å²) in [4.78, 5) is 24.6. The van der Waals surface area contributed by atoms with E-state index in [1.807, 2.05) is 11.9 Å². The van der Waals surface area contributed by atoms with Crippen LogP contribution < -0.4 is 0 Å². The van der Waals surface area contributed by atoms with Crippen molar-refractivity contribution in [3.63, 3.8) is 0 Å². The fourth-order valence-corrected chi connectivity index (χ4v) is 3.12. The van der Waals surface area contributed by atoms with Crippen molar-refractivity contribution < 1.29 is 13.6 Å². The van der Waals surface area contributed by atoms with Gasteiger partial charge in [0.15, 0.2) is 0 Å². The summed E-state index contributed by atoms with van der Waals surface area (Å²) in [5.41, 5.74) is 1.12. The van der Waals surface area contributed by atoms with Crippen LogP contribution in [0.2, 0.25) is 0 Å². The molecular formula is C18H20F2N4O. The number of hydrogen-bond acceptors (Lipinski definition) is 4. The minimum atomic E-state index is -0.622. The van der Waals surface area contributed by atoms with Gasteiger partial charge >= 0.3 is 0 Å². The summed E-state index contributed by atoms with van der Waals surface area (Å²) < 4.78 is 26.9. The number of likely N-dealkylation sites (N-methyl/N-ethyl adjacent to an activating group) is 1. The Morgan fingerprint density at radius 1 is 1.32 bits per heavy atom. The lowest BCUT2D eigenvalue weighted by molar-refractivity contribution is -0.140. The second kappa shape index (κ2) is 7.65. The fourth-order valence-electron chi connectivity index (χ4n) is 3.12. The molecule has 1 unspecified atom stereocenters. The quantitative estimate of drug-likeness (QED) is 0.834. The Balaban J connectivity index is 1.68. The van der Waals surface area contributed by atoms with Crippen molar-refractivity contribution in [1.29, 1.82) is 0 Å². The van der Waals surface area contributed by atoms with E-state index in [2.05, 4.69) is 9.97 Å². The topological polar surface area (TPSA) is 49.3 Å². The molecule has 1 aliphatic rings. The van der Waals surface area contributed by atoms with Gasteiger partial charge in [0, 0.05) is 49.9 Å². The molecule has 1 amide bonds. The van der Waals surface area contributed by atoms with Crippen LogP contribution >= 0.6 is 0 Å². The summed E-state index contributed by atoms with van der Waals surface area (Å²) in [5.74, 6) is -1.28. The Labute approximate surface area is 145 Å². The molecule has 0 aliphatic carbocycles. The van der Waals surface area contributed by atoms with E-state index in [4.69, 9.17) is 0 Å². The highest BCUT2D eigenvalue weighted by Crippen LogP contribution is 2.21. The number of hydrogen-bond donors (Lipinski definition) is 0. The monoisotopic (exact) mass is 346 g/mol. The summed E-state index contributed by atoms with van der Waals surface area (Å²) in [6.07, 6.45) is 6.49. The van der Waals surface area contributed by atoms with Crippen LogP contribution in [0.4, 0.5) is 8.78 Å². The van der Waals surface area contributed by atoms with Crippen molar-refractivity contribution in [1.82, 2.24) is 19.8 Å². The van der Waals surface area contributed by atoms with Crippen LogP contribution in [0.5, 0.6) is 0 Å². The fraction of sp³-hybridized carbons (Fsp3) is 0.389. The first-order valence-corrected chi connectivity index (χ1v) is 8.22. The highest BCUT2D eigenvalue weighted by molar-refractivity contribution is 5.82. The first-order chi connectivity index (χ1) is 12.0. The van der Waals surface area contributed by atoms with Crippen molar-refractivity contribution >= 4 is 5.91 Å². The zero-order chi connectivity index (χ0) is 17.8. The maximum Gasteiger partial charge on any atom is 0.240 e. The summed E-state index contributed by atoms with van der Waals surface area (Å²) in [7, 11) is 1.87. The smallest absolute Gasteiger partial charge is 0.240 e. The Morgan fingerprint density at radius 2 is 2.16 bits per heavy atom. The van der Waals surface area contributed by atoms with Crippen LogP contribution in [0.25, 0.3) is 0 Å². The van der Waals surface area contributed by atoms with Crippen LogP contribution in [0.1, 0.15) is 24.1 Å². The van der Waals surface area contributed by atoms with Crippen LogP contribution in [0, 0.1) is 11.6 Å². The number of rotatable bonds is 5. The molecule has 1 fully saturated rings. The van der Waals surface area contributed by atoms with Gasteiger partial charge in [-0.05, 0) is 26.0 Å². The van der Waals surface area contributed by atoms with E-state index in [-0.39, 0.29) is 18.5 Å². The minimum absolute atomic E-state index is 0.0404. The lowest BCUT2D eigenvalue weighted by Gasteiger charge is -2.36. The van der Waals surface area contributed by atoms with E-state index in [0.717, 1.165) is 24.6 Å². The van der Waals surface area contributed by atoms with Crippen LogP contribution in [-0.2, 0) is 17.9 Å². The van der Waals surface area contributed by atoms with Gasteiger partial charge in [-0.2, -0.15) is 0 Å². The lowest BCUT2D eigenvalue weighted by atomic mass is 10.0. The van der Waals surface area contributed by atoms with Crippen LogP contribution in [0.15, 0.2) is 36.8 Å². The summed E-state index contributed by atoms with van der Waals surface area (Å²) in [6, 6.07) is 3.18. The SMILES string of the molecule is CN(Cc1cnccn1)C1CCCN(Cc2ccc(F)cc2F)C1=O. The first-order valence-electron chi connectivity index (χ1n) is 8.22. The Bertz CT molecular complexity index is 741. The van der Waals surface area contributed by atoms with Crippen LogP contribution in [-0.4, -0.2) is 45.3 Å². The Kier molecular flexibility index (Phi) is 5.33. The maximum atomic E-state index is 13.9. The second-order valence-corrected chi connectivity index (χ2v) is 6.27. The van der Waals surface area contributed by atoms with Gasteiger partial charge in [-0.25, -0.2) is 8.78 Å². The molecule has 0 bridgehead atoms. The van der Waals surface area contributed by atoms with Crippen molar-refractivity contribution in [2.75, 3.05) is 13.6 Å². The molecule has 1 aliphatic heterocycles. The molecule has 2 heterocycles. The molecule has 1 saturated heterocycles. The molecule has 3 rings (SSSR count). The third-order valence-electron chi connectivity index (χ3n) is 4.44. The predicted molar refractivity (Wildman–Crippen MR) is 88.3 cm³/mol. The van der Waals surface area contributed by atoms with Gasteiger partial charge in [0.25, 0.3) is 0 Å². The summed E-state index contributed by atoms with van der Waals surface area (Å²) in [5, 5.41) is 0. The molecule has 0 saturated carbocycles. The first kappa shape index (κ1) is 17.4. The molecule has 1 aromatic carbocycles. The standard InChI is InChI=1S/C18H20F2N4O/c1-23(12-15-10-21-6-7-22-15)17-3-2-8-24(18(17)25)11-13-4-5-14(19)9-16(13)20/h4-7,9-10,17H,2-3,8,11-12H2,1H3. The minimum Gasteiger partial charge on any atom is -0.337 e. The highest BCUT2D eigenvalue weighted by atomic mass is 19.1. The number of aromatic nitrogens is 2. The highest BCUT2D eigenvalue weighted by Gasteiger charge is 2.32. The number of carbonyl (C=O) groups is 1. The molecule has 0 N–H and O–H groups in total. The molecule has 7 heteroatoms. The van der Waals surface area contributed by atoms with Gasteiger partial charge < -0.3 is 4.90 Å². The number of carbonyl (C=O) groups excluding carboxylic acids is 1. The Morgan fingerprint density at radius 3 is 2.88 bits per heavy atom. The maximum absolute atomic E-state index is 13.9. The van der Waals surface area contributed by atoms with E-state index >= 15 is 0 Å². The number of piperidine rings is 1. The number of amides is 1.